The monoisotopic (exact) mass is 273 g/mol. The quantitative estimate of drug-likeness (QED) is 0.373. The van der Waals surface area contributed by atoms with Crippen LogP contribution in [0.1, 0.15) is 30.4 Å². The van der Waals surface area contributed by atoms with Crippen LogP contribution in [0.2, 0.25) is 0 Å². The molecule has 3 N–H and O–H groups in total. The molecule has 0 saturated heterocycles. The SMILES string of the molecule is Cc1ccc2c(c1)CCCN2C(=O)C1(/C(N)=N/O)CC1. The Morgan fingerprint density at radius 2 is 2.20 bits per heavy atom. The fourth-order valence-corrected chi connectivity index (χ4v) is 3.00. The van der Waals surface area contributed by atoms with Crippen LogP contribution in [0.3, 0.4) is 0 Å². The molecule has 1 amide bonds. The molecule has 5 heteroatoms. The number of rotatable bonds is 2. The van der Waals surface area contributed by atoms with E-state index in [1.165, 1.54) is 11.1 Å². The van der Waals surface area contributed by atoms with Crippen LogP contribution < -0.4 is 10.6 Å². The van der Waals surface area contributed by atoms with E-state index in [4.69, 9.17) is 10.9 Å². The van der Waals surface area contributed by atoms with Crippen molar-refractivity contribution in [1.82, 2.24) is 0 Å². The molecule has 1 saturated carbocycles. The highest BCUT2D eigenvalue weighted by molar-refractivity contribution is 6.15. The van der Waals surface area contributed by atoms with Gasteiger partial charge in [0.15, 0.2) is 5.84 Å². The standard InChI is InChI=1S/C15H19N3O2/c1-10-4-5-12-11(9-10)3-2-8-18(12)14(19)15(6-7-15)13(16)17-20/h4-5,9,20H,2-3,6-8H2,1H3,(H2,16,17). The van der Waals surface area contributed by atoms with Crippen molar-refractivity contribution in [2.75, 3.05) is 11.4 Å². The summed E-state index contributed by atoms with van der Waals surface area (Å²) < 4.78 is 0. The fourth-order valence-electron chi connectivity index (χ4n) is 3.00. The van der Waals surface area contributed by atoms with Crippen molar-refractivity contribution in [3.8, 4) is 0 Å². The summed E-state index contributed by atoms with van der Waals surface area (Å²) in [5, 5.41) is 11.9. The van der Waals surface area contributed by atoms with Crippen molar-refractivity contribution in [3.63, 3.8) is 0 Å². The zero-order chi connectivity index (χ0) is 14.3. The Morgan fingerprint density at radius 3 is 2.85 bits per heavy atom. The van der Waals surface area contributed by atoms with Crippen LogP contribution in [0.15, 0.2) is 23.4 Å². The van der Waals surface area contributed by atoms with E-state index in [1.54, 1.807) is 0 Å². The molecule has 106 valence electrons. The van der Waals surface area contributed by atoms with E-state index in [-0.39, 0.29) is 11.7 Å². The molecule has 1 aromatic rings. The number of aryl methyl sites for hydroxylation is 2. The first-order valence-electron chi connectivity index (χ1n) is 6.98. The van der Waals surface area contributed by atoms with Gasteiger partial charge in [-0.05, 0) is 44.2 Å². The van der Waals surface area contributed by atoms with Crippen molar-refractivity contribution >= 4 is 17.4 Å². The number of hydrogen-bond donors (Lipinski definition) is 2. The van der Waals surface area contributed by atoms with Gasteiger partial charge in [0.2, 0.25) is 5.91 Å². The van der Waals surface area contributed by atoms with E-state index in [0.717, 1.165) is 18.5 Å². The van der Waals surface area contributed by atoms with Gasteiger partial charge in [0.05, 0.1) is 0 Å². The normalized spacial score (nSPS) is 20.4. The molecule has 20 heavy (non-hydrogen) atoms. The number of anilines is 1. The first kappa shape index (κ1) is 13.0. The van der Waals surface area contributed by atoms with Crippen LogP contribution in [0.4, 0.5) is 5.69 Å². The predicted molar refractivity (Wildman–Crippen MR) is 76.9 cm³/mol. The van der Waals surface area contributed by atoms with E-state index in [2.05, 4.69) is 18.1 Å². The van der Waals surface area contributed by atoms with E-state index >= 15 is 0 Å². The van der Waals surface area contributed by atoms with Gasteiger partial charge in [-0.15, -0.1) is 0 Å². The molecule has 0 radical (unpaired) electrons. The molecule has 5 nitrogen and oxygen atoms in total. The Kier molecular flexibility index (Phi) is 2.92. The largest absolute Gasteiger partial charge is 0.409 e. The minimum absolute atomic E-state index is 0.0300. The van der Waals surface area contributed by atoms with Crippen molar-refractivity contribution in [2.45, 2.75) is 32.6 Å². The Labute approximate surface area is 118 Å². The van der Waals surface area contributed by atoms with Crippen molar-refractivity contribution in [3.05, 3.63) is 29.3 Å². The van der Waals surface area contributed by atoms with Crippen molar-refractivity contribution < 1.29 is 10.0 Å². The van der Waals surface area contributed by atoms with Crippen LogP contribution in [0.5, 0.6) is 0 Å². The van der Waals surface area contributed by atoms with E-state index < -0.39 is 5.41 Å². The summed E-state index contributed by atoms with van der Waals surface area (Å²) in [6.45, 7) is 2.76. The van der Waals surface area contributed by atoms with Gasteiger partial charge in [-0.2, -0.15) is 0 Å². The molecule has 1 aliphatic carbocycles. The maximum absolute atomic E-state index is 12.8. The van der Waals surface area contributed by atoms with Crippen LogP contribution in [0.25, 0.3) is 0 Å². The highest BCUT2D eigenvalue weighted by Gasteiger charge is 2.56. The summed E-state index contributed by atoms with van der Waals surface area (Å²) in [4.78, 5) is 14.6. The Bertz CT molecular complexity index is 591. The Morgan fingerprint density at radius 1 is 1.45 bits per heavy atom. The molecule has 0 aromatic heterocycles. The van der Waals surface area contributed by atoms with Crippen LogP contribution in [0, 0.1) is 12.3 Å². The molecule has 2 aliphatic rings. The molecule has 1 aliphatic heterocycles. The van der Waals surface area contributed by atoms with Crippen LogP contribution in [-0.2, 0) is 11.2 Å². The smallest absolute Gasteiger partial charge is 0.240 e. The topological polar surface area (TPSA) is 78.9 Å². The van der Waals surface area contributed by atoms with E-state index in [0.29, 0.717) is 19.4 Å². The van der Waals surface area contributed by atoms with Gasteiger partial charge < -0.3 is 15.8 Å². The van der Waals surface area contributed by atoms with Gasteiger partial charge in [0.1, 0.15) is 5.41 Å². The summed E-state index contributed by atoms with van der Waals surface area (Å²) in [6.07, 6.45) is 3.28. The zero-order valence-electron chi connectivity index (χ0n) is 11.6. The number of nitrogens with zero attached hydrogens (tertiary/aromatic N) is 2. The van der Waals surface area contributed by atoms with Gasteiger partial charge in [-0.1, -0.05) is 22.9 Å². The predicted octanol–water partition coefficient (Wildman–Crippen LogP) is 1.80. The van der Waals surface area contributed by atoms with Gasteiger partial charge in [-0.3, -0.25) is 4.79 Å². The second-order valence-corrected chi connectivity index (χ2v) is 5.76. The average molecular weight is 273 g/mol. The van der Waals surface area contributed by atoms with E-state index in [9.17, 15) is 4.79 Å². The lowest BCUT2D eigenvalue weighted by atomic mass is 9.96. The number of amides is 1. The number of nitrogens with two attached hydrogens (primary N) is 1. The molecule has 0 atom stereocenters. The minimum atomic E-state index is -0.770. The lowest BCUT2D eigenvalue weighted by Crippen LogP contribution is -2.45. The third kappa shape index (κ3) is 1.85. The number of benzene rings is 1. The average Bonchev–Trinajstić information content (AvgIpc) is 3.26. The number of hydrogen-bond acceptors (Lipinski definition) is 3. The third-order valence-corrected chi connectivity index (χ3v) is 4.36. The molecule has 1 aromatic carbocycles. The number of amidine groups is 1. The van der Waals surface area contributed by atoms with E-state index in [1.807, 2.05) is 17.0 Å². The van der Waals surface area contributed by atoms with Gasteiger partial charge in [-0.25, -0.2) is 0 Å². The number of carbonyl (C=O) groups is 1. The highest BCUT2D eigenvalue weighted by atomic mass is 16.4. The summed E-state index contributed by atoms with van der Waals surface area (Å²) in [5.41, 5.74) is 8.34. The second-order valence-electron chi connectivity index (χ2n) is 5.76. The second kappa shape index (κ2) is 4.51. The Balaban J connectivity index is 1.95. The lowest BCUT2D eigenvalue weighted by molar-refractivity contribution is -0.121. The molecule has 1 fully saturated rings. The molecular weight excluding hydrogens is 254 g/mol. The Hall–Kier alpha value is -2.04. The highest BCUT2D eigenvalue weighted by Crippen LogP contribution is 2.48. The molecule has 1 heterocycles. The molecule has 0 spiro atoms. The summed E-state index contributed by atoms with van der Waals surface area (Å²) in [7, 11) is 0. The van der Waals surface area contributed by atoms with Crippen LogP contribution >= 0.6 is 0 Å². The third-order valence-electron chi connectivity index (χ3n) is 4.36. The zero-order valence-corrected chi connectivity index (χ0v) is 11.6. The number of carbonyl (C=O) groups excluding carboxylic acids is 1. The van der Waals surface area contributed by atoms with Crippen LogP contribution in [-0.4, -0.2) is 23.5 Å². The molecule has 0 unspecified atom stereocenters. The van der Waals surface area contributed by atoms with Crippen molar-refractivity contribution in [1.29, 1.82) is 0 Å². The fraction of sp³-hybridized carbons (Fsp3) is 0.467. The lowest BCUT2D eigenvalue weighted by Gasteiger charge is -2.32. The number of fused-ring (bicyclic) bond motifs is 1. The van der Waals surface area contributed by atoms with Crippen molar-refractivity contribution in [2.24, 2.45) is 16.3 Å². The summed E-state index contributed by atoms with van der Waals surface area (Å²) in [5.74, 6) is 0.0133. The maximum atomic E-state index is 12.8. The van der Waals surface area contributed by atoms with Gasteiger partial charge in [0, 0.05) is 12.2 Å². The van der Waals surface area contributed by atoms with Gasteiger partial charge in [0.25, 0.3) is 0 Å². The first-order chi connectivity index (χ1) is 9.58. The summed E-state index contributed by atoms with van der Waals surface area (Å²) >= 11 is 0. The first-order valence-corrected chi connectivity index (χ1v) is 6.98. The molecule has 0 bridgehead atoms. The molecule has 3 rings (SSSR count). The minimum Gasteiger partial charge on any atom is -0.409 e. The maximum Gasteiger partial charge on any atom is 0.240 e. The molecular formula is C15H19N3O2. The number of oxime groups is 1. The van der Waals surface area contributed by atoms with Gasteiger partial charge >= 0.3 is 0 Å². The summed E-state index contributed by atoms with van der Waals surface area (Å²) in [6, 6.07) is 6.16.